The Labute approximate surface area is 193 Å². The Kier molecular flexibility index (Phi) is 5.70. The van der Waals surface area contributed by atoms with Gasteiger partial charge in [-0.2, -0.15) is 4.98 Å². The molecule has 0 spiro atoms. The lowest BCUT2D eigenvalue weighted by atomic mass is 9.95. The van der Waals surface area contributed by atoms with Crippen LogP contribution in [0.2, 0.25) is 0 Å². The molecule has 5 rings (SSSR count). The molecule has 0 saturated carbocycles. The van der Waals surface area contributed by atoms with Crippen LogP contribution in [0.25, 0.3) is 11.4 Å². The van der Waals surface area contributed by atoms with Crippen LogP contribution in [0.15, 0.2) is 53.1 Å². The fourth-order valence-electron chi connectivity index (χ4n) is 4.67. The molecular weight excluding hydrogens is 416 g/mol. The van der Waals surface area contributed by atoms with Crippen LogP contribution in [0.1, 0.15) is 42.2 Å². The van der Waals surface area contributed by atoms with Crippen LogP contribution < -0.4 is 4.90 Å². The van der Waals surface area contributed by atoms with Crippen LogP contribution in [0.4, 0.5) is 5.69 Å². The van der Waals surface area contributed by atoms with E-state index in [9.17, 15) is 9.59 Å². The molecule has 7 heteroatoms. The number of likely N-dealkylation sites (tertiary alicyclic amines) is 1. The Morgan fingerprint density at radius 1 is 0.970 bits per heavy atom. The molecule has 0 bridgehead atoms. The Morgan fingerprint density at radius 2 is 1.61 bits per heavy atom. The standard InChI is InChI=1S/C26H28N4O3/c1-17-3-7-19(8-4-17)24-27-25(33-28-24)20-11-13-29(14-12-20)26(32)21-15-23(31)30(16-21)22-9-5-18(2)6-10-22/h3-10,20-21H,11-16H2,1-2H3. The average molecular weight is 445 g/mol. The summed E-state index contributed by atoms with van der Waals surface area (Å²) in [5, 5.41) is 4.15. The van der Waals surface area contributed by atoms with Gasteiger partial charge in [-0.05, 0) is 38.8 Å². The van der Waals surface area contributed by atoms with Crippen molar-refractivity contribution < 1.29 is 14.1 Å². The fraction of sp³-hybridized carbons (Fsp3) is 0.385. The van der Waals surface area contributed by atoms with Gasteiger partial charge in [0.1, 0.15) is 0 Å². The fourth-order valence-corrected chi connectivity index (χ4v) is 4.67. The Morgan fingerprint density at radius 3 is 2.27 bits per heavy atom. The maximum Gasteiger partial charge on any atom is 0.230 e. The summed E-state index contributed by atoms with van der Waals surface area (Å²) in [6, 6.07) is 15.9. The minimum Gasteiger partial charge on any atom is -0.342 e. The number of hydrogen-bond acceptors (Lipinski definition) is 5. The number of nitrogens with zero attached hydrogens (tertiary/aromatic N) is 4. The number of piperidine rings is 1. The van der Waals surface area contributed by atoms with Crippen molar-refractivity contribution >= 4 is 17.5 Å². The van der Waals surface area contributed by atoms with Crippen LogP contribution in [0.5, 0.6) is 0 Å². The van der Waals surface area contributed by atoms with Crippen LogP contribution in [-0.2, 0) is 9.59 Å². The van der Waals surface area contributed by atoms with Gasteiger partial charge in [0.15, 0.2) is 0 Å². The van der Waals surface area contributed by atoms with E-state index in [4.69, 9.17) is 4.52 Å². The van der Waals surface area contributed by atoms with E-state index in [0.717, 1.165) is 29.7 Å². The minimum absolute atomic E-state index is 0.0154. The quantitative estimate of drug-likeness (QED) is 0.605. The van der Waals surface area contributed by atoms with Crippen LogP contribution in [0, 0.1) is 19.8 Å². The van der Waals surface area contributed by atoms with Gasteiger partial charge in [0.2, 0.25) is 23.5 Å². The highest BCUT2D eigenvalue weighted by Gasteiger charge is 2.38. The van der Waals surface area contributed by atoms with Gasteiger partial charge in [-0.1, -0.05) is 52.7 Å². The molecule has 7 nitrogen and oxygen atoms in total. The third kappa shape index (κ3) is 4.40. The average Bonchev–Trinajstić information content (AvgIpc) is 3.47. The lowest BCUT2D eigenvalue weighted by molar-refractivity contribution is -0.136. The zero-order valence-corrected chi connectivity index (χ0v) is 19.0. The highest BCUT2D eigenvalue weighted by Crippen LogP contribution is 2.31. The third-order valence-electron chi connectivity index (χ3n) is 6.73. The number of rotatable bonds is 4. The van der Waals surface area contributed by atoms with Gasteiger partial charge in [0.05, 0.1) is 5.92 Å². The van der Waals surface area contributed by atoms with E-state index in [2.05, 4.69) is 10.1 Å². The van der Waals surface area contributed by atoms with Crippen molar-refractivity contribution in [2.24, 2.45) is 5.92 Å². The Balaban J connectivity index is 1.18. The molecule has 2 aromatic carbocycles. The summed E-state index contributed by atoms with van der Waals surface area (Å²) in [6.45, 7) is 5.79. The molecule has 3 aromatic rings. The number of amides is 2. The van der Waals surface area contributed by atoms with Gasteiger partial charge >= 0.3 is 0 Å². The first kappa shape index (κ1) is 21.4. The molecule has 1 unspecified atom stereocenters. The van der Waals surface area contributed by atoms with Gasteiger partial charge in [0.25, 0.3) is 0 Å². The van der Waals surface area contributed by atoms with E-state index >= 15 is 0 Å². The number of carbonyl (C=O) groups excluding carboxylic acids is 2. The van der Waals surface area contributed by atoms with E-state index in [1.165, 1.54) is 5.56 Å². The second-order valence-electron chi connectivity index (χ2n) is 9.16. The topological polar surface area (TPSA) is 79.5 Å². The van der Waals surface area contributed by atoms with E-state index in [0.29, 0.717) is 31.3 Å². The largest absolute Gasteiger partial charge is 0.342 e. The molecule has 2 amide bonds. The number of carbonyl (C=O) groups is 2. The van der Waals surface area contributed by atoms with Crippen molar-refractivity contribution in [1.29, 1.82) is 0 Å². The molecule has 0 N–H and O–H groups in total. The number of anilines is 1. The predicted octanol–water partition coefficient (Wildman–Crippen LogP) is 4.11. The van der Waals surface area contributed by atoms with Crippen LogP contribution in [-0.4, -0.2) is 46.5 Å². The normalized spacial score (nSPS) is 19.3. The van der Waals surface area contributed by atoms with Gasteiger partial charge in [-0.15, -0.1) is 0 Å². The lowest BCUT2D eigenvalue weighted by Crippen LogP contribution is -2.42. The van der Waals surface area contributed by atoms with E-state index in [1.54, 1.807) is 4.90 Å². The molecule has 0 radical (unpaired) electrons. The van der Waals surface area contributed by atoms with E-state index < -0.39 is 0 Å². The van der Waals surface area contributed by atoms with Gasteiger partial charge in [-0.25, -0.2) is 0 Å². The Bertz CT molecular complexity index is 1150. The van der Waals surface area contributed by atoms with Gasteiger partial charge < -0.3 is 14.3 Å². The maximum atomic E-state index is 13.1. The molecule has 2 fully saturated rings. The summed E-state index contributed by atoms with van der Waals surface area (Å²) >= 11 is 0. The highest BCUT2D eigenvalue weighted by molar-refractivity contribution is 6.00. The highest BCUT2D eigenvalue weighted by atomic mass is 16.5. The monoisotopic (exact) mass is 444 g/mol. The Hall–Kier alpha value is -3.48. The number of hydrogen-bond donors (Lipinski definition) is 0. The molecule has 1 aromatic heterocycles. The summed E-state index contributed by atoms with van der Waals surface area (Å²) in [7, 11) is 0. The molecule has 33 heavy (non-hydrogen) atoms. The minimum atomic E-state index is -0.285. The third-order valence-corrected chi connectivity index (χ3v) is 6.73. The maximum absolute atomic E-state index is 13.1. The van der Waals surface area contributed by atoms with Crippen molar-refractivity contribution in [1.82, 2.24) is 15.0 Å². The summed E-state index contributed by atoms with van der Waals surface area (Å²) in [6.07, 6.45) is 1.84. The SMILES string of the molecule is Cc1ccc(-c2noc(C3CCN(C(=O)C4CC(=O)N(c5ccc(C)cc5)C4)CC3)n2)cc1. The zero-order chi connectivity index (χ0) is 22.9. The molecule has 2 saturated heterocycles. The zero-order valence-electron chi connectivity index (χ0n) is 19.0. The van der Waals surface area contributed by atoms with E-state index in [1.807, 2.05) is 67.3 Å². The molecule has 3 heterocycles. The van der Waals surface area contributed by atoms with Crippen LogP contribution in [0.3, 0.4) is 0 Å². The van der Waals surface area contributed by atoms with E-state index in [-0.39, 0.29) is 30.1 Å². The van der Waals surface area contributed by atoms with Crippen LogP contribution >= 0.6 is 0 Å². The van der Waals surface area contributed by atoms with Gasteiger partial charge in [-0.3, -0.25) is 9.59 Å². The van der Waals surface area contributed by atoms with Crippen molar-refractivity contribution in [2.75, 3.05) is 24.5 Å². The smallest absolute Gasteiger partial charge is 0.230 e. The first-order valence-electron chi connectivity index (χ1n) is 11.5. The molecule has 170 valence electrons. The predicted molar refractivity (Wildman–Crippen MR) is 125 cm³/mol. The summed E-state index contributed by atoms with van der Waals surface area (Å²) in [5.74, 6) is 1.19. The molecule has 0 aliphatic carbocycles. The molecule has 2 aliphatic rings. The van der Waals surface area contributed by atoms with Crippen molar-refractivity contribution in [3.63, 3.8) is 0 Å². The second kappa shape index (κ2) is 8.81. The number of aromatic nitrogens is 2. The number of aryl methyl sites for hydroxylation is 2. The van der Waals surface area contributed by atoms with Crippen molar-refractivity contribution in [3.8, 4) is 11.4 Å². The first-order chi connectivity index (χ1) is 16.0. The summed E-state index contributed by atoms with van der Waals surface area (Å²) in [5.41, 5.74) is 4.13. The first-order valence-corrected chi connectivity index (χ1v) is 11.5. The molecular formula is C26H28N4O3. The lowest BCUT2D eigenvalue weighted by Gasteiger charge is -2.32. The molecule has 1 atom stereocenters. The van der Waals surface area contributed by atoms with Crippen molar-refractivity contribution in [3.05, 3.63) is 65.5 Å². The summed E-state index contributed by atoms with van der Waals surface area (Å²) < 4.78 is 5.55. The van der Waals surface area contributed by atoms with Crippen molar-refractivity contribution in [2.45, 2.75) is 39.0 Å². The molecule has 2 aliphatic heterocycles. The summed E-state index contributed by atoms with van der Waals surface area (Å²) in [4.78, 5) is 33.9. The second-order valence-corrected chi connectivity index (χ2v) is 9.16. The van der Waals surface area contributed by atoms with Gasteiger partial charge in [0, 0.05) is 43.2 Å². The number of benzene rings is 2.